The van der Waals surface area contributed by atoms with Crippen molar-refractivity contribution in [3.8, 4) is 0 Å². The van der Waals surface area contributed by atoms with E-state index in [0.717, 1.165) is 63.7 Å². The van der Waals surface area contributed by atoms with Gasteiger partial charge in [-0.15, -0.1) is 0 Å². The van der Waals surface area contributed by atoms with Crippen molar-refractivity contribution in [2.75, 3.05) is 13.2 Å². The van der Waals surface area contributed by atoms with Crippen LogP contribution >= 0.6 is 0 Å². The van der Waals surface area contributed by atoms with Gasteiger partial charge in [0.05, 0.1) is 0 Å². The zero-order valence-electron chi connectivity index (χ0n) is 44.5. The van der Waals surface area contributed by atoms with Crippen molar-refractivity contribution in [3.63, 3.8) is 0 Å². The van der Waals surface area contributed by atoms with Gasteiger partial charge in [0, 0.05) is 19.3 Å². The summed E-state index contributed by atoms with van der Waals surface area (Å²) < 4.78 is 16.9. The van der Waals surface area contributed by atoms with Crippen LogP contribution in [0.1, 0.15) is 336 Å². The Hall–Kier alpha value is -1.59. The molecule has 0 bridgehead atoms. The molecular weight excluding hydrogens is 805 g/mol. The van der Waals surface area contributed by atoms with E-state index in [-0.39, 0.29) is 31.1 Å². The summed E-state index contributed by atoms with van der Waals surface area (Å²) in [7, 11) is 0. The minimum absolute atomic E-state index is 0.0617. The number of carbonyl (C=O) groups excluding carboxylic acids is 3. The Kier molecular flexibility index (Phi) is 52.1. The van der Waals surface area contributed by atoms with Gasteiger partial charge in [0.15, 0.2) is 6.10 Å². The molecule has 0 aliphatic carbocycles. The zero-order valence-corrected chi connectivity index (χ0v) is 44.5. The lowest BCUT2D eigenvalue weighted by molar-refractivity contribution is -0.167. The van der Waals surface area contributed by atoms with E-state index in [1.807, 2.05) is 0 Å². The summed E-state index contributed by atoms with van der Waals surface area (Å²) in [5.74, 6) is 0.0621. The van der Waals surface area contributed by atoms with E-state index in [1.165, 1.54) is 231 Å². The summed E-state index contributed by atoms with van der Waals surface area (Å²) in [6, 6.07) is 0. The molecule has 386 valence electrons. The summed E-state index contributed by atoms with van der Waals surface area (Å²) in [5, 5.41) is 0. The van der Waals surface area contributed by atoms with Crippen molar-refractivity contribution in [2.24, 2.45) is 5.92 Å². The highest BCUT2D eigenvalue weighted by Crippen LogP contribution is 2.18. The van der Waals surface area contributed by atoms with Crippen molar-refractivity contribution in [3.05, 3.63) is 0 Å². The first-order valence-electron chi connectivity index (χ1n) is 29.4. The molecule has 0 aromatic carbocycles. The number of esters is 3. The lowest BCUT2D eigenvalue weighted by Gasteiger charge is -2.18. The number of ether oxygens (including phenoxy) is 3. The molecule has 6 heteroatoms. The van der Waals surface area contributed by atoms with Crippen molar-refractivity contribution < 1.29 is 28.6 Å². The van der Waals surface area contributed by atoms with E-state index in [2.05, 4.69) is 27.7 Å². The van der Waals surface area contributed by atoms with Gasteiger partial charge >= 0.3 is 17.9 Å². The van der Waals surface area contributed by atoms with E-state index in [9.17, 15) is 14.4 Å². The predicted molar refractivity (Wildman–Crippen MR) is 280 cm³/mol. The monoisotopic (exact) mass is 919 g/mol. The summed E-state index contributed by atoms with van der Waals surface area (Å²) in [4.78, 5) is 38.1. The fraction of sp³-hybridized carbons (Fsp3) is 0.949. The van der Waals surface area contributed by atoms with Crippen molar-refractivity contribution >= 4 is 17.9 Å². The van der Waals surface area contributed by atoms with E-state index in [4.69, 9.17) is 14.2 Å². The van der Waals surface area contributed by atoms with Gasteiger partial charge in [-0.3, -0.25) is 14.4 Å². The zero-order chi connectivity index (χ0) is 47.4. The largest absolute Gasteiger partial charge is 0.462 e. The van der Waals surface area contributed by atoms with Gasteiger partial charge in [0.2, 0.25) is 0 Å². The summed E-state index contributed by atoms with van der Waals surface area (Å²) in [5.41, 5.74) is 0. The van der Waals surface area contributed by atoms with Crippen molar-refractivity contribution in [1.82, 2.24) is 0 Å². The van der Waals surface area contributed by atoms with Crippen LogP contribution in [0.4, 0.5) is 0 Å². The Bertz CT molecular complexity index is 982. The van der Waals surface area contributed by atoms with Gasteiger partial charge in [-0.05, 0) is 25.2 Å². The molecule has 0 N–H and O–H groups in total. The first-order chi connectivity index (χ1) is 31.9. The lowest BCUT2D eigenvalue weighted by atomic mass is 9.99. The number of rotatable bonds is 54. The predicted octanol–water partition coefficient (Wildman–Crippen LogP) is 19.4. The number of hydrogen-bond acceptors (Lipinski definition) is 6. The highest BCUT2D eigenvalue weighted by atomic mass is 16.6. The Morgan fingerprint density at radius 3 is 0.800 bits per heavy atom. The molecule has 0 saturated heterocycles. The third kappa shape index (κ3) is 51.6. The molecule has 0 heterocycles. The van der Waals surface area contributed by atoms with Crippen LogP contribution in [0, 0.1) is 5.92 Å². The van der Waals surface area contributed by atoms with Crippen LogP contribution in [0.15, 0.2) is 0 Å². The minimum atomic E-state index is -0.762. The SMILES string of the molecule is CCCCCCCCCCCCCCCCCCC(=O)O[C@H](COC(=O)CCCCCCCCCCCCCCC)COC(=O)CCCCCCCCCCCCCCCCC(C)CC. The maximum Gasteiger partial charge on any atom is 0.306 e. The molecule has 1 unspecified atom stereocenters. The summed E-state index contributed by atoms with van der Waals surface area (Å²) in [6.07, 6.45) is 58.0. The molecule has 0 aromatic rings. The first-order valence-corrected chi connectivity index (χ1v) is 29.4. The molecule has 0 aliphatic heterocycles. The Morgan fingerprint density at radius 2 is 0.538 bits per heavy atom. The van der Waals surface area contributed by atoms with Gasteiger partial charge in [0.25, 0.3) is 0 Å². The van der Waals surface area contributed by atoms with Gasteiger partial charge < -0.3 is 14.2 Å². The van der Waals surface area contributed by atoms with E-state index < -0.39 is 6.10 Å². The molecule has 0 aromatic heterocycles. The maximum absolute atomic E-state index is 12.9. The quantitative estimate of drug-likeness (QED) is 0.0344. The standard InChI is InChI=1S/C59H114O6/c1-5-8-10-12-14-16-18-20-21-22-28-32-36-40-44-48-52-59(62)65-56(53-63-57(60)50-46-42-38-34-30-25-19-17-15-13-11-9-6-2)54-64-58(61)51-47-43-39-35-31-27-24-23-26-29-33-37-41-45-49-55(4)7-3/h55-56H,5-54H2,1-4H3/t55?,56-/m1/s1. The topological polar surface area (TPSA) is 78.9 Å². The van der Waals surface area contributed by atoms with Crippen LogP contribution < -0.4 is 0 Å². The summed E-state index contributed by atoms with van der Waals surface area (Å²) >= 11 is 0. The lowest BCUT2D eigenvalue weighted by Crippen LogP contribution is -2.30. The smallest absolute Gasteiger partial charge is 0.306 e. The molecule has 0 aliphatic rings. The van der Waals surface area contributed by atoms with Gasteiger partial charge in [-0.1, -0.05) is 297 Å². The molecule has 65 heavy (non-hydrogen) atoms. The van der Waals surface area contributed by atoms with Crippen LogP contribution in [0.25, 0.3) is 0 Å². The third-order valence-electron chi connectivity index (χ3n) is 13.9. The second-order valence-electron chi connectivity index (χ2n) is 20.5. The maximum atomic E-state index is 12.9. The summed E-state index contributed by atoms with van der Waals surface area (Å²) in [6.45, 7) is 9.10. The van der Waals surface area contributed by atoms with Gasteiger partial charge in [0.1, 0.15) is 13.2 Å². The molecule has 0 spiro atoms. The molecule has 0 amide bonds. The normalized spacial score (nSPS) is 12.4. The number of hydrogen-bond donors (Lipinski definition) is 0. The van der Waals surface area contributed by atoms with Crippen molar-refractivity contribution in [2.45, 2.75) is 342 Å². The molecule has 0 rings (SSSR count). The minimum Gasteiger partial charge on any atom is -0.462 e. The van der Waals surface area contributed by atoms with Crippen LogP contribution in [0.5, 0.6) is 0 Å². The van der Waals surface area contributed by atoms with Crippen molar-refractivity contribution in [1.29, 1.82) is 0 Å². The second kappa shape index (κ2) is 53.4. The second-order valence-corrected chi connectivity index (χ2v) is 20.5. The van der Waals surface area contributed by atoms with Crippen LogP contribution in [-0.4, -0.2) is 37.2 Å². The molecule has 2 atom stereocenters. The Morgan fingerprint density at radius 1 is 0.308 bits per heavy atom. The fourth-order valence-electron chi connectivity index (χ4n) is 9.07. The van der Waals surface area contributed by atoms with Crippen LogP contribution in [0.3, 0.4) is 0 Å². The molecular formula is C59H114O6. The van der Waals surface area contributed by atoms with Gasteiger partial charge in [-0.2, -0.15) is 0 Å². The Labute approximate surface area is 406 Å². The number of carbonyl (C=O) groups is 3. The fourth-order valence-corrected chi connectivity index (χ4v) is 9.07. The highest BCUT2D eigenvalue weighted by molar-refractivity contribution is 5.71. The average molecular weight is 920 g/mol. The first kappa shape index (κ1) is 63.4. The van der Waals surface area contributed by atoms with E-state index in [0.29, 0.717) is 19.3 Å². The Balaban J connectivity index is 4.28. The number of unbranched alkanes of at least 4 members (excludes halogenated alkanes) is 40. The average Bonchev–Trinajstić information content (AvgIpc) is 3.30. The van der Waals surface area contributed by atoms with E-state index in [1.54, 1.807) is 0 Å². The van der Waals surface area contributed by atoms with E-state index >= 15 is 0 Å². The molecule has 0 fully saturated rings. The molecule has 0 saturated carbocycles. The third-order valence-corrected chi connectivity index (χ3v) is 13.9. The van der Waals surface area contributed by atoms with Crippen LogP contribution in [-0.2, 0) is 28.6 Å². The van der Waals surface area contributed by atoms with Gasteiger partial charge in [-0.25, -0.2) is 0 Å². The molecule has 6 nitrogen and oxygen atoms in total. The molecule has 0 radical (unpaired) electrons. The van der Waals surface area contributed by atoms with Crippen LogP contribution in [0.2, 0.25) is 0 Å². The highest BCUT2D eigenvalue weighted by Gasteiger charge is 2.19.